The molecule has 3 aliphatic rings. The molecule has 8 heteroatoms. The summed E-state index contributed by atoms with van der Waals surface area (Å²) < 4.78 is 25.4. The number of anilines is 1. The molecule has 1 aromatic heterocycles. The van der Waals surface area contributed by atoms with Crippen molar-refractivity contribution < 1.29 is 13.6 Å². The minimum atomic E-state index is -2.80. The second-order valence-electron chi connectivity index (χ2n) is 7.32. The summed E-state index contributed by atoms with van der Waals surface area (Å²) >= 11 is 13.2. The molecule has 0 saturated heterocycles. The van der Waals surface area contributed by atoms with Gasteiger partial charge in [0.1, 0.15) is 10.0 Å². The number of nitrogens with one attached hydrogen (secondary N) is 1. The Morgan fingerprint density at radius 2 is 2.19 bits per heavy atom. The molecule has 0 aliphatic heterocycles. The van der Waals surface area contributed by atoms with Crippen LogP contribution < -0.4 is 4.90 Å². The highest BCUT2D eigenvalue weighted by Gasteiger charge is 2.85. The number of halogens is 4. The lowest BCUT2D eigenvalue weighted by molar-refractivity contribution is 0.0977. The average molecular weight is 398 g/mol. The van der Waals surface area contributed by atoms with Gasteiger partial charge in [0.05, 0.1) is 11.8 Å². The van der Waals surface area contributed by atoms with Crippen molar-refractivity contribution in [3.63, 3.8) is 0 Å². The highest BCUT2D eigenvalue weighted by Crippen LogP contribution is 2.85. The van der Waals surface area contributed by atoms with Crippen molar-refractivity contribution in [2.45, 2.75) is 34.9 Å². The third-order valence-electron chi connectivity index (χ3n) is 6.39. The molecule has 1 unspecified atom stereocenters. The molecule has 5 rings (SSSR count). The number of nitrogens with zero attached hydrogens (tertiary/aromatic N) is 2. The number of benzene rings is 1. The van der Waals surface area contributed by atoms with E-state index in [1.165, 1.54) is 10.5 Å². The van der Waals surface area contributed by atoms with Crippen molar-refractivity contribution >= 4 is 34.8 Å². The Labute approximate surface area is 158 Å². The summed E-state index contributed by atoms with van der Waals surface area (Å²) in [4.78, 5) is 14.3. The number of aromatic nitrogens is 2. The lowest BCUT2D eigenvalue weighted by atomic mass is 9.82. The van der Waals surface area contributed by atoms with Crippen molar-refractivity contribution in [1.29, 1.82) is 0 Å². The molecule has 26 heavy (non-hydrogen) atoms. The molecular weight excluding hydrogens is 383 g/mol. The van der Waals surface area contributed by atoms with Gasteiger partial charge in [-0.15, -0.1) is 23.2 Å². The zero-order valence-electron chi connectivity index (χ0n) is 13.8. The number of hydrogen-bond donors (Lipinski definition) is 1. The monoisotopic (exact) mass is 397 g/mol. The van der Waals surface area contributed by atoms with Crippen molar-refractivity contribution in [3.8, 4) is 0 Å². The molecule has 4 nitrogen and oxygen atoms in total. The summed E-state index contributed by atoms with van der Waals surface area (Å²) in [5.41, 5.74) is 1.94. The summed E-state index contributed by atoms with van der Waals surface area (Å²) in [7, 11) is 1.59. The number of alkyl halides is 4. The zero-order valence-corrected chi connectivity index (χ0v) is 15.3. The summed E-state index contributed by atoms with van der Waals surface area (Å²) in [5, 5.41) is 5.81. The van der Waals surface area contributed by atoms with Gasteiger partial charge in [-0.25, -0.2) is 8.78 Å². The normalized spacial score (nSPS) is 29.6. The Balaban J connectivity index is 1.59. The van der Waals surface area contributed by atoms with E-state index in [1.54, 1.807) is 7.05 Å². The predicted molar refractivity (Wildman–Crippen MR) is 94.3 cm³/mol. The van der Waals surface area contributed by atoms with E-state index in [2.05, 4.69) is 16.3 Å². The first-order valence-corrected chi connectivity index (χ1v) is 9.18. The van der Waals surface area contributed by atoms with Crippen LogP contribution in [-0.2, 0) is 5.41 Å². The standard InChI is InChI=1S/C18H15Cl2F2N3O/c1-25(16(26)10-7-23-24-13(10)15(21)22)11-4-2-3-8-9-5-6-17(12(8)11)14(9)18(17,19)20/h2-4,7,9,14-15H,5-6H2,1H3,(H,23,24)/t9?,14-,17-/m0/s1. The SMILES string of the molecule is CN(C(=O)c1cn[nH]c1C(F)F)c1cccc2c1[C@@]13CCC2[C@@H]1C3(Cl)Cl. The van der Waals surface area contributed by atoms with Crippen LogP contribution in [0.3, 0.4) is 0 Å². The quantitative estimate of drug-likeness (QED) is 0.771. The van der Waals surface area contributed by atoms with Gasteiger partial charge in [0, 0.05) is 24.1 Å². The van der Waals surface area contributed by atoms with E-state index >= 15 is 0 Å². The third kappa shape index (κ3) is 1.70. The number of H-pyrrole nitrogens is 1. The number of fused-ring (bicyclic) bond motifs is 2. The van der Waals surface area contributed by atoms with Crippen molar-refractivity contribution in [1.82, 2.24) is 10.2 Å². The Morgan fingerprint density at radius 1 is 1.42 bits per heavy atom. The molecule has 2 bridgehead atoms. The molecule has 1 aromatic carbocycles. The van der Waals surface area contributed by atoms with Gasteiger partial charge in [-0.3, -0.25) is 9.89 Å². The van der Waals surface area contributed by atoms with Crippen LogP contribution in [0.5, 0.6) is 0 Å². The first kappa shape index (κ1) is 16.5. The van der Waals surface area contributed by atoms with Gasteiger partial charge in [0.25, 0.3) is 12.3 Å². The smallest absolute Gasteiger partial charge is 0.280 e. The van der Waals surface area contributed by atoms with E-state index < -0.39 is 22.4 Å². The first-order chi connectivity index (χ1) is 12.3. The fourth-order valence-corrected chi connectivity index (χ4v) is 6.47. The largest absolute Gasteiger partial charge is 0.311 e. The topological polar surface area (TPSA) is 49.0 Å². The molecule has 0 radical (unpaired) electrons. The molecule has 1 amide bonds. The van der Waals surface area contributed by atoms with Crippen LogP contribution >= 0.6 is 23.2 Å². The second-order valence-corrected chi connectivity index (χ2v) is 8.71. The Kier molecular flexibility index (Phi) is 3.17. The molecule has 3 atom stereocenters. The number of hydrogen-bond acceptors (Lipinski definition) is 2. The van der Waals surface area contributed by atoms with Gasteiger partial charge in [-0.2, -0.15) is 5.10 Å². The lowest BCUT2D eigenvalue weighted by Crippen LogP contribution is -2.31. The Morgan fingerprint density at radius 3 is 2.88 bits per heavy atom. The maximum Gasteiger partial charge on any atom is 0.280 e. The van der Waals surface area contributed by atoms with Gasteiger partial charge in [0.15, 0.2) is 0 Å². The van der Waals surface area contributed by atoms with Crippen LogP contribution in [0.2, 0.25) is 0 Å². The van der Waals surface area contributed by atoms with E-state index in [9.17, 15) is 13.6 Å². The van der Waals surface area contributed by atoms with Crippen LogP contribution in [0, 0.1) is 5.92 Å². The van der Waals surface area contributed by atoms with Crippen molar-refractivity contribution in [2.24, 2.45) is 5.92 Å². The Bertz CT molecular complexity index is 944. The van der Waals surface area contributed by atoms with Gasteiger partial charge in [-0.1, -0.05) is 12.1 Å². The highest BCUT2D eigenvalue weighted by atomic mass is 35.5. The molecule has 1 N–H and O–H groups in total. The fourth-order valence-electron chi connectivity index (χ4n) is 5.29. The molecule has 3 aliphatic carbocycles. The minimum Gasteiger partial charge on any atom is -0.311 e. The summed E-state index contributed by atoms with van der Waals surface area (Å²) in [6.07, 6.45) is 0.264. The highest BCUT2D eigenvalue weighted by molar-refractivity contribution is 6.53. The minimum absolute atomic E-state index is 0.129. The zero-order chi connectivity index (χ0) is 18.4. The molecule has 2 saturated carbocycles. The molecule has 2 fully saturated rings. The number of carbonyl (C=O) groups excluding carboxylic acids is 1. The maximum absolute atomic E-state index is 13.1. The number of amides is 1. The molecular formula is C18H15Cl2F2N3O. The van der Waals surface area contributed by atoms with Crippen LogP contribution in [0.4, 0.5) is 14.5 Å². The fraction of sp³-hybridized carbons (Fsp3) is 0.444. The molecule has 1 heterocycles. The van der Waals surface area contributed by atoms with Crippen molar-refractivity contribution in [3.05, 3.63) is 46.8 Å². The van der Waals surface area contributed by atoms with E-state index in [0.29, 0.717) is 11.6 Å². The number of carbonyl (C=O) groups is 1. The van der Waals surface area contributed by atoms with Crippen LogP contribution in [0.15, 0.2) is 24.4 Å². The van der Waals surface area contributed by atoms with Gasteiger partial charge < -0.3 is 4.90 Å². The van der Waals surface area contributed by atoms with Gasteiger partial charge in [-0.05, 0) is 36.0 Å². The third-order valence-corrected chi connectivity index (χ3v) is 7.53. The average Bonchev–Trinajstić information content (AvgIpc) is 3.14. The molecule has 2 aromatic rings. The number of rotatable bonds is 3. The first-order valence-electron chi connectivity index (χ1n) is 8.43. The second kappa shape index (κ2) is 4.98. The maximum atomic E-state index is 13.1. The van der Waals surface area contributed by atoms with E-state index in [0.717, 1.165) is 24.6 Å². The number of aromatic amines is 1. The van der Waals surface area contributed by atoms with Gasteiger partial charge in [0.2, 0.25) is 0 Å². The summed E-state index contributed by atoms with van der Waals surface area (Å²) in [6.45, 7) is 0. The van der Waals surface area contributed by atoms with E-state index in [-0.39, 0.29) is 16.9 Å². The van der Waals surface area contributed by atoms with Crippen LogP contribution in [0.1, 0.15) is 52.4 Å². The lowest BCUT2D eigenvalue weighted by Gasteiger charge is -2.31. The van der Waals surface area contributed by atoms with E-state index in [1.807, 2.05) is 12.1 Å². The Hall–Kier alpha value is -1.66. The molecule has 0 spiro atoms. The summed E-state index contributed by atoms with van der Waals surface area (Å²) in [6, 6.07) is 5.77. The van der Waals surface area contributed by atoms with Crippen LogP contribution in [0.25, 0.3) is 0 Å². The summed E-state index contributed by atoms with van der Waals surface area (Å²) in [5.74, 6) is -0.0638. The molecule has 136 valence electrons. The van der Waals surface area contributed by atoms with Gasteiger partial charge >= 0.3 is 0 Å². The van der Waals surface area contributed by atoms with E-state index in [4.69, 9.17) is 23.2 Å². The van der Waals surface area contributed by atoms with Crippen LogP contribution in [-0.4, -0.2) is 27.5 Å². The van der Waals surface area contributed by atoms with Crippen molar-refractivity contribution in [2.75, 3.05) is 11.9 Å². The predicted octanol–water partition coefficient (Wildman–Crippen LogP) is 4.56.